The van der Waals surface area contributed by atoms with Crippen molar-refractivity contribution in [2.45, 2.75) is 25.9 Å². The Balaban J connectivity index is 2.61. The number of carboxylic acid groups (broad SMARTS) is 1. The van der Waals surface area contributed by atoms with Gasteiger partial charge in [0.25, 0.3) is 0 Å². The van der Waals surface area contributed by atoms with E-state index in [1.165, 1.54) is 12.1 Å². The van der Waals surface area contributed by atoms with Crippen molar-refractivity contribution in [1.29, 1.82) is 0 Å². The van der Waals surface area contributed by atoms with Gasteiger partial charge in [0.15, 0.2) is 0 Å². The Morgan fingerprint density at radius 1 is 1.44 bits per heavy atom. The molecule has 1 aromatic carbocycles. The first-order chi connectivity index (χ1) is 8.35. The fourth-order valence-corrected chi connectivity index (χ4v) is 1.49. The minimum atomic E-state index is -1.01. The van der Waals surface area contributed by atoms with Crippen molar-refractivity contribution in [2.75, 3.05) is 13.7 Å². The van der Waals surface area contributed by atoms with Crippen LogP contribution in [0.4, 0.5) is 0 Å². The lowest BCUT2D eigenvalue weighted by Crippen LogP contribution is -2.25. The van der Waals surface area contributed by atoms with E-state index < -0.39 is 5.97 Å². The summed E-state index contributed by atoms with van der Waals surface area (Å²) in [6, 6.07) is 4.40. The third kappa shape index (κ3) is 4.20. The van der Waals surface area contributed by atoms with Crippen LogP contribution < -0.4 is 4.74 Å². The first-order valence-electron chi connectivity index (χ1n) is 5.56. The second-order valence-corrected chi connectivity index (χ2v) is 4.92. The van der Waals surface area contributed by atoms with Crippen molar-refractivity contribution in [1.82, 2.24) is 0 Å². The zero-order valence-electron chi connectivity index (χ0n) is 10.7. The number of rotatable bonds is 6. The van der Waals surface area contributed by atoms with Crippen LogP contribution in [0.3, 0.4) is 0 Å². The van der Waals surface area contributed by atoms with E-state index in [0.29, 0.717) is 23.8 Å². The Bertz CT molecular complexity index is 429. The van der Waals surface area contributed by atoms with Gasteiger partial charge in [-0.25, -0.2) is 4.79 Å². The molecule has 0 amide bonds. The fraction of sp³-hybridized carbons (Fsp3) is 0.462. The summed E-state index contributed by atoms with van der Waals surface area (Å²) in [4.78, 5) is 10.7. The highest BCUT2D eigenvalue weighted by atomic mass is 35.5. The molecule has 0 saturated carbocycles. The molecule has 0 aromatic heterocycles. The predicted molar refractivity (Wildman–Crippen MR) is 69.6 cm³/mol. The Hall–Kier alpha value is -1.26. The van der Waals surface area contributed by atoms with Gasteiger partial charge in [0.2, 0.25) is 0 Å². The monoisotopic (exact) mass is 272 g/mol. The highest BCUT2D eigenvalue weighted by Crippen LogP contribution is 2.26. The predicted octanol–water partition coefficient (Wildman–Crippen LogP) is 3.23. The number of hydrogen-bond donors (Lipinski definition) is 1. The van der Waals surface area contributed by atoms with Crippen LogP contribution in [0.2, 0.25) is 5.02 Å². The highest BCUT2D eigenvalue weighted by molar-refractivity contribution is 6.32. The molecule has 18 heavy (non-hydrogen) atoms. The van der Waals surface area contributed by atoms with Gasteiger partial charge in [-0.15, -0.1) is 0 Å². The van der Waals surface area contributed by atoms with Gasteiger partial charge in [0.05, 0.1) is 22.8 Å². The number of aromatic carboxylic acids is 1. The van der Waals surface area contributed by atoms with E-state index in [1.54, 1.807) is 13.2 Å². The van der Waals surface area contributed by atoms with Gasteiger partial charge >= 0.3 is 5.97 Å². The molecule has 0 bridgehead atoms. The Morgan fingerprint density at radius 3 is 2.61 bits per heavy atom. The first kappa shape index (κ1) is 14.8. The standard InChI is InChI=1S/C13H17ClO4/c1-13(2,17-3)6-7-18-11-5-4-9(12(15)16)8-10(11)14/h4-5,8H,6-7H2,1-3H3,(H,15,16). The van der Waals surface area contributed by atoms with Crippen molar-refractivity contribution in [3.8, 4) is 5.75 Å². The van der Waals surface area contributed by atoms with E-state index in [2.05, 4.69) is 0 Å². The quantitative estimate of drug-likeness (QED) is 0.864. The molecule has 0 radical (unpaired) electrons. The van der Waals surface area contributed by atoms with E-state index in [0.717, 1.165) is 0 Å². The molecular formula is C13H17ClO4. The summed E-state index contributed by atoms with van der Waals surface area (Å²) < 4.78 is 10.8. The second kappa shape index (κ2) is 6.07. The van der Waals surface area contributed by atoms with E-state index in [-0.39, 0.29) is 11.2 Å². The maximum absolute atomic E-state index is 10.7. The summed E-state index contributed by atoms with van der Waals surface area (Å²) in [5.74, 6) is -0.530. The molecule has 0 atom stereocenters. The minimum absolute atomic E-state index is 0.143. The molecule has 1 N–H and O–H groups in total. The van der Waals surface area contributed by atoms with Gasteiger partial charge in [0, 0.05) is 13.5 Å². The van der Waals surface area contributed by atoms with Crippen LogP contribution in [0.1, 0.15) is 30.6 Å². The van der Waals surface area contributed by atoms with Crippen LogP contribution in [0, 0.1) is 0 Å². The van der Waals surface area contributed by atoms with Crippen LogP contribution in [-0.2, 0) is 4.74 Å². The van der Waals surface area contributed by atoms with Crippen LogP contribution in [0.25, 0.3) is 0 Å². The van der Waals surface area contributed by atoms with Gasteiger partial charge in [-0.3, -0.25) is 0 Å². The van der Waals surface area contributed by atoms with E-state index >= 15 is 0 Å². The van der Waals surface area contributed by atoms with Gasteiger partial charge in [-0.2, -0.15) is 0 Å². The summed E-state index contributed by atoms with van der Waals surface area (Å²) in [7, 11) is 1.65. The molecule has 0 heterocycles. The molecular weight excluding hydrogens is 256 g/mol. The van der Waals surface area contributed by atoms with Crippen molar-refractivity contribution in [3.05, 3.63) is 28.8 Å². The lowest BCUT2D eigenvalue weighted by Gasteiger charge is -2.22. The number of carboxylic acids is 1. The molecule has 0 spiro atoms. The molecule has 0 aliphatic rings. The Morgan fingerprint density at radius 2 is 2.11 bits per heavy atom. The minimum Gasteiger partial charge on any atom is -0.492 e. The molecule has 1 aromatic rings. The molecule has 0 saturated heterocycles. The molecule has 0 aliphatic carbocycles. The SMILES string of the molecule is COC(C)(C)CCOc1ccc(C(=O)O)cc1Cl. The Kier molecular flexibility index (Phi) is 4.99. The van der Waals surface area contributed by atoms with Gasteiger partial charge in [-0.05, 0) is 32.0 Å². The second-order valence-electron chi connectivity index (χ2n) is 4.51. The molecule has 5 heteroatoms. The van der Waals surface area contributed by atoms with Crippen molar-refractivity contribution < 1.29 is 19.4 Å². The summed E-state index contributed by atoms with van der Waals surface area (Å²) in [5.41, 5.74) is -0.113. The number of ether oxygens (including phenoxy) is 2. The lowest BCUT2D eigenvalue weighted by atomic mass is 10.1. The largest absolute Gasteiger partial charge is 0.492 e. The number of carbonyl (C=O) groups is 1. The van der Waals surface area contributed by atoms with Crippen molar-refractivity contribution in [2.24, 2.45) is 0 Å². The van der Waals surface area contributed by atoms with Gasteiger partial charge < -0.3 is 14.6 Å². The van der Waals surface area contributed by atoms with E-state index in [4.69, 9.17) is 26.2 Å². The summed E-state index contributed by atoms with van der Waals surface area (Å²) in [6.45, 7) is 4.38. The average Bonchev–Trinajstić information content (AvgIpc) is 2.31. The zero-order chi connectivity index (χ0) is 13.8. The summed E-state index contributed by atoms with van der Waals surface area (Å²) in [6.07, 6.45) is 0.709. The van der Waals surface area contributed by atoms with Crippen LogP contribution >= 0.6 is 11.6 Å². The number of methoxy groups -OCH3 is 1. The van der Waals surface area contributed by atoms with Crippen LogP contribution in [0.5, 0.6) is 5.75 Å². The average molecular weight is 273 g/mol. The van der Waals surface area contributed by atoms with Crippen molar-refractivity contribution >= 4 is 17.6 Å². The number of benzene rings is 1. The van der Waals surface area contributed by atoms with Gasteiger partial charge in [-0.1, -0.05) is 11.6 Å². The Labute approximate surface area is 111 Å². The zero-order valence-corrected chi connectivity index (χ0v) is 11.5. The third-order valence-electron chi connectivity index (χ3n) is 2.69. The third-order valence-corrected chi connectivity index (χ3v) is 2.99. The van der Waals surface area contributed by atoms with E-state index in [1.807, 2.05) is 13.8 Å². The molecule has 0 unspecified atom stereocenters. The fourth-order valence-electron chi connectivity index (χ4n) is 1.26. The number of hydrogen-bond acceptors (Lipinski definition) is 3. The first-order valence-corrected chi connectivity index (χ1v) is 5.94. The summed E-state index contributed by atoms with van der Waals surface area (Å²) >= 11 is 5.94. The maximum Gasteiger partial charge on any atom is 0.335 e. The summed E-state index contributed by atoms with van der Waals surface area (Å²) in [5, 5.41) is 9.10. The van der Waals surface area contributed by atoms with Crippen molar-refractivity contribution in [3.63, 3.8) is 0 Å². The topological polar surface area (TPSA) is 55.8 Å². The molecule has 1 rings (SSSR count). The normalized spacial score (nSPS) is 11.3. The highest BCUT2D eigenvalue weighted by Gasteiger charge is 2.16. The van der Waals surface area contributed by atoms with Gasteiger partial charge in [0.1, 0.15) is 5.75 Å². The molecule has 0 fully saturated rings. The number of halogens is 1. The molecule has 4 nitrogen and oxygen atoms in total. The van der Waals surface area contributed by atoms with Crippen LogP contribution in [-0.4, -0.2) is 30.4 Å². The molecule has 0 aliphatic heterocycles. The smallest absolute Gasteiger partial charge is 0.335 e. The lowest BCUT2D eigenvalue weighted by molar-refractivity contribution is 0.00546. The van der Waals surface area contributed by atoms with Crippen LogP contribution in [0.15, 0.2) is 18.2 Å². The maximum atomic E-state index is 10.7. The van der Waals surface area contributed by atoms with E-state index in [9.17, 15) is 4.79 Å². The molecule has 100 valence electrons.